The van der Waals surface area contributed by atoms with Gasteiger partial charge in [-0.3, -0.25) is 0 Å². The van der Waals surface area contributed by atoms with Crippen LogP contribution in [0.15, 0.2) is 11.1 Å². The van der Waals surface area contributed by atoms with Crippen LogP contribution in [0.5, 0.6) is 0 Å². The Hall–Kier alpha value is -0.300. The minimum Gasteiger partial charge on any atom is -0.316 e. The fourth-order valence-electron chi connectivity index (χ4n) is 1.89. The first-order valence-corrected chi connectivity index (χ1v) is 5.22. The molecule has 1 rings (SSSR count). The van der Waals surface area contributed by atoms with Crippen molar-refractivity contribution in [2.24, 2.45) is 0 Å². The lowest BCUT2D eigenvalue weighted by atomic mass is 9.99. The van der Waals surface area contributed by atoms with Crippen molar-refractivity contribution in [3.63, 3.8) is 0 Å². The van der Waals surface area contributed by atoms with Gasteiger partial charge in [0.15, 0.2) is 0 Å². The van der Waals surface area contributed by atoms with E-state index in [1.165, 1.54) is 45.2 Å². The molecular weight excluding hydrogens is 146 g/mol. The van der Waals surface area contributed by atoms with Gasteiger partial charge in [0.25, 0.3) is 0 Å². The lowest BCUT2D eigenvalue weighted by molar-refractivity contribution is 0.703. The Morgan fingerprint density at radius 1 is 1.33 bits per heavy atom. The number of allylic oxidation sites excluding steroid dienone is 1. The largest absolute Gasteiger partial charge is 0.316 e. The van der Waals surface area contributed by atoms with Gasteiger partial charge in [0, 0.05) is 0 Å². The SMILES string of the molecule is CCCC(C)=C1CCCNCC1. The Kier molecular flexibility index (Phi) is 4.37. The monoisotopic (exact) mass is 167 g/mol. The molecule has 1 heterocycles. The summed E-state index contributed by atoms with van der Waals surface area (Å²) in [5.41, 5.74) is 3.38. The summed E-state index contributed by atoms with van der Waals surface area (Å²) < 4.78 is 0. The summed E-state index contributed by atoms with van der Waals surface area (Å²) in [7, 11) is 0. The highest BCUT2D eigenvalue weighted by atomic mass is 14.8. The number of hydrogen-bond donors (Lipinski definition) is 1. The van der Waals surface area contributed by atoms with E-state index in [1.807, 2.05) is 0 Å². The number of hydrogen-bond acceptors (Lipinski definition) is 1. The molecule has 0 amide bonds. The molecule has 0 aromatic heterocycles. The van der Waals surface area contributed by atoms with Crippen LogP contribution in [0.4, 0.5) is 0 Å². The Balaban J connectivity index is 2.50. The first kappa shape index (κ1) is 9.79. The van der Waals surface area contributed by atoms with E-state index in [-0.39, 0.29) is 0 Å². The van der Waals surface area contributed by atoms with Gasteiger partial charge in [-0.25, -0.2) is 0 Å². The highest BCUT2D eigenvalue weighted by Gasteiger charge is 2.05. The van der Waals surface area contributed by atoms with Crippen LogP contribution in [-0.2, 0) is 0 Å². The molecule has 0 radical (unpaired) electrons. The molecule has 0 aliphatic carbocycles. The van der Waals surface area contributed by atoms with Crippen molar-refractivity contribution >= 4 is 0 Å². The average Bonchev–Trinajstić information content (AvgIpc) is 2.32. The summed E-state index contributed by atoms with van der Waals surface area (Å²) in [5.74, 6) is 0. The van der Waals surface area contributed by atoms with Crippen LogP contribution < -0.4 is 5.32 Å². The smallest absolute Gasteiger partial charge is 0.00115 e. The van der Waals surface area contributed by atoms with Crippen LogP contribution in [0, 0.1) is 0 Å². The van der Waals surface area contributed by atoms with Crippen LogP contribution >= 0.6 is 0 Å². The van der Waals surface area contributed by atoms with Crippen LogP contribution in [0.25, 0.3) is 0 Å². The molecule has 1 N–H and O–H groups in total. The molecule has 0 aromatic rings. The topological polar surface area (TPSA) is 12.0 Å². The highest BCUT2D eigenvalue weighted by Crippen LogP contribution is 2.19. The van der Waals surface area contributed by atoms with Gasteiger partial charge in [-0.05, 0) is 45.7 Å². The second-order valence-electron chi connectivity index (χ2n) is 3.74. The van der Waals surface area contributed by atoms with Crippen LogP contribution in [0.3, 0.4) is 0 Å². The summed E-state index contributed by atoms with van der Waals surface area (Å²) in [6.45, 7) is 6.97. The minimum atomic E-state index is 1.19. The standard InChI is InChI=1S/C11H21N/c1-3-5-10(2)11-6-4-8-12-9-7-11/h12H,3-9H2,1-2H3. The van der Waals surface area contributed by atoms with Gasteiger partial charge in [-0.1, -0.05) is 24.5 Å². The van der Waals surface area contributed by atoms with Gasteiger partial charge in [-0.15, -0.1) is 0 Å². The van der Waals surface area contributed by atoms with E-state index in [0.29, 0.717) is 0 Å². The normalized spacial score (nSPS) is 23.5. The third-order valence-electron chi connectivity index (χ3n) is 2.66. The number of nitrogens with one attached hydrogen (secondary N) is 1. The molecule has 1 nitrogen and oxygen atoms in total. The van der Waals surface area contributed by atoms with Crippen LogP contribution in [0.1, 0.15) is 46.0 Å². The first-order valence-electron chi connectivity index (χ1n) is 5.22. The van der Waals surface area contributed by atoms with Crippen molar-refractivity contribution in [2.45, 2.75) is 46.0 Å². The predicted octanol–water partition coefficient (Wildman–Crippen LogP) is 2.88. The lowest BCUT2D eigenvalue weighted by Crippen LogP contribution is -2.13. The van der Waals surface area contributed by atoms with E-state index in [9.17, 15) is 0 Å². The van der Waals surface area contributed by atoms with Gasteiger partial charge < -0.3 is 5.32 Å². The Morgan fingerprint density at radius 3 is 2.92 bits per heavy atom. The highest BCUT2D eigenvalue weighted by molar-refractivity contribution is 5.13. The Labute approximate surface area is 76.2 Å². The van der Waals surface area contributed by atoms with E-state index in [4.69, 9.17) is 0 Å². The van der Waals surface area contributed by atoms with Crippen molar-refractivity contribution in [3.05, 3.63) is 11.1 Å². The second-order valence-corrected chi connectivity index (χ2v) is 3.74. The fourth-order valence-corrected chi connectivity index (χ4v) is 1.89. The molecule has 1 aliphatic rings. The van der Waals surface area contributed by atoms with Crippen molar-refractivity contribution in [1.29, 1.82) is 0 Å². The molecule has 1 fully saturated rings. The summed E-state index contributed by atoms with van der Waals surface area (Å²) >= 11 is 0. The lowest BCUT2D eigenvalue weighted by Gasteiger charge is -2.07. The Bertz CT molecular complexity index is 148. The summed E-state index contributed by atoms with van der Waals surface area (Å²) in [6.07, 6.45) is 6.54. The average molecular weight is 167 g/mol. The summed E-state index contributed by atoms with van der Waals surface area (Å²) in [6, 6.07) is 0. The maximum absolute atomic E-state index is 3.44. The van der Waals surface area contributed by atoms with E-state index in [0.717, 1.165) is 0 Å². The zero-order chi connectivity index (χ0) is 8.81. The summed E-state index contributed by atoms with van der Waals surface area (Å²) in [5, 5.41) is 3.44. The predicted molar refractivity (Wildman–Crippen MR) is 54.3 cm³/mol. The molecule has 1 heteroatoms. The molecule has 0 spiro atoms. The minimum absolute atomic E-state index is 1.19. The molecule has 1 aliphatic heterocycles. The fraction of sp³-hybridized carbons (Fsp3) is 0.818. The number of rotatable bonds is 2. The van der Waals surface area contributed by atoms with E-state index < -0.39 is 0 Å². The zero-order valence-corrected chi connectivity index (χ0v) is 8.45. The van der Waals surface area contributed by atoms with Crippen molar-refractivity contribution < 1.29 is 0 Å². The molecule has 0 aromatic carbocycles. The second kappa shape index (κ2) is 5.36. The first-order chi connectivity index (χ1) is 5.84. The third kappa shape index (κ3) is 2.98. The molecule has 12 heavy (non-hydrogen) atoms. The van der Waals surface area contributed by atoms with Gasteiger partial charge >= 0.3 is 0 Å². The van der Waals surface area contributed by atoms with Gasteiger partial charge in [0.1, 0.15) is 0 Å². The molecular formula is C11H21N. The zero-order valence-electron chi connectivity index (χ0n) is 8.45. The van der Waals surface area contributed by atoms with E-state index >= 15 is 0 Å². The molecule has 0 bridgehead atoms. The molecule has 0 atom stereocenters. The van der Waals surface area contributed by atoms with Crippen LogP contribution in [-0.4, -0.2) is 13.1 Å². The van der Waals surface area contributed by atoms with Gasteiger partial charge in [-0.2, -0.15) is 0 Å². The van der Waals surface area contributed by atoms with Gasteiger partial charge in [0.2, 0.25) is 0 Å². The van der Waals surface area contributed by atoms with Crippen molar-refractivity contribution in [1.82, 2.24) is 5.32 Å². The van der Waals surface area contributed by atoms with Crippen molar-refractivity contribution in [3.8, 4) is 0 Å². The summed E-state index contributed by atoms with van der Waals surface area (Å²) in [4.78, 5) is 0. The van der Waals surface area contributed by atoms with E-state index in [2.05, 4.69) is 19.2 Å². The van der Waals surface area contributed by atoms with Gasteiger partial charge in [0.05, 0.1) is 0 Å². The van der Waals surface area contributed by atoms with Crippen LogP contribution in [0.2, 0.25) is 0 Å². The van der Waals surface area contributed by atoms with E-state index in [1.54, 1.807) is 11.1 Å². The Morgan fingerprint density at radius 2 is 2.17 bits per heavy atom. The maximum Gasteiger partial charge on any atom is -0.00115 e. The molecule has 1 saturated heterocycles. The quantitative estimate of drug-likeness (QED) is 0.624. The molecule has 0 unspecified atom stereocenters. The third-order valence-corrected chi connectivity index (χ3v) is 2.66. The molecule has 70 valence electrons. The van der Waals surface area contributed by atoms with Crippen molar-refractivity contribution in [2.75, 3.05) is 13.1 Å². The molecule has 0 saturated carbocycles. The maximum atomic E-state index is 3.44.